The average molecular weight is 261 g/mol. The van der Waals surface area contributed by atoms with E-state index in [0.29, 0.717) is 6.04 Å². The summed E-state index contributed by atoms with van der Waals surface area (Å²) in [4.78, 5) is 5.09. The van der Waals surface area contributed by atoms with E-state index < -0.39 is 0 Å². The highest BCUT2D eigenvalue weighted by atomic mass is 15.2. The second kappa shape index (κ2) is 7.51. The van der Waals surface area contributed by atoms with Crippen LogP contribution >= 0.6 is 0 Å². The Balaban J connectivity index is 1.97. The number of hydrogen-bond donors (Lipinski definition) is 1. The first-order valence-electron chi connectivity index (χ1n) is 7.59. The molecule has 0 aromatic heterocycles. The second-order valence-corrected chi connectivity index (χ2v) is 5.39. The molecule has 0 radical (unpaired) electrons. The van der Waals surface area contributed by atoms with Crippen LogP contribution in [0.1, 0.15) is 26.2 Å². The van der Waals surface area contributed by atoms with Crippen LogP contribution in [0.15, 0.2) is 30.3 Å². The van der Waals surface area contributed by atoms with E-state index in [1.165, 1.54) is 38.0 Å². The molecule has 106 valence electrons. The summed E-state index contributed by atoms with van der Waals surface area (Å²) in [6, 6.07) is 11.5. The molecule has 2 rings (SSSR count). The molecule has 1 fully saturated rings. The number of piperidine rings is 1. The molecule has 1 aromatic carbocycles. The monoisotopic (exact) mass is 261 g/mol. The smallest absolute Gasteiger partial charge is 0.0368 e. The van der Waals surface area contributed by atoms with Gasteiger partial charge < -0.3 is 15.5 Å². The zero-order valence-electron chi connectivity index (χ0n) is 12.1. The van der Waals surface area contributed by atoms with Crippen LogP contribution in [0.25, 0.3) is 0 Å². The van der Waals surface area contributed by atoms with Crippen LogP contribution in [-0.2, 0) is 0 Å². The van der Waals surface area contributed by atoms with Crippen molar-refractivity contribution in [2.75, 3.05) is 37.6 Å². The normalized spacial score (nSPS) is 17.6. The summed E-state index contributed by atoms with van der Waals surface area (Å²) in [5.74, 6) is 0. The first-order chi connectivity index (χ1) is 9.35. The average Bonchev–Trinajstić information content (AvgIpc) is 2.47. The highest BCUT2D eigenvalue weighted by Crippen LogP contribution is 2.23. The Bertz CT molecular complexity index is 344. The third-order valence-electron chi connectivity index (χ3n) is 4.00. The molecule has 0 spiro atoms. The van der Waals surface area contributed by atoms with Crippen LogP contribution in [0.3, 0.4) is 0 Å². The molecule has 0 atom stereocenters. The lowest BCUT2D eigenvalue weighted by Crippen LogP contribution is -2.46. The van der Waals surface area contributed by atoms with Crippen molar-refractivity contribution in [2.45, 2.75) is 32.2 Å². The molecule has 0 amide bonds. The molecular formula is C16H27N3. The number of hydrogen-bond acceptors (Lipinski definition) is 3. The summed E-state index contributed by atoms with van der Waals surface area (Å²) in [6.45, 7) is 7.63. The lowest BCUT2D eigenvalue weighted by molar-refractivity contribution is 0.214. The SMILES string of the molecule is CCCN(c1ccccc1)C1CCN(CCN)CC1. The molecule has 0 bridgehead atoms. The van der Waals surface area contributed by atoms with Gasteiger partial charge in [0.05, 0.1) is 0 Å². The fraction of sp³-hybridized carbons (Fsp3) is 0.625. The molecular weight excluding hydrogens is 234 g/mol. The molecule has 0 saturated carbocycles. The van der Waals surface area contributed by atoms with E-state index >= 15 is 0 Å². The summed E-state index contributed by atoms with van der Waals surface area (Å²) in [5, 5.41) is 0. The summed E-state index contributed by atoms with van der Waals surface area (Å²) in [6.07, 6.45) is 3.72. The first kappa shape index (κ1) is 14.4. The van der Waals surface area contributed by atoms with Crippen molar-refractivity contribution in [2.24, 2.45) is 5.73 Å². The largest absolute Gasteiger partial charge is 0.368 e. The number of benzene rings is 1. The van der Waals surface area contributed by atoms with Gasteiger partial charge in [-0.1, -0.05) is 25.1 Å². The van der Waals surface area contributed by atoms with Crippen molar-refractivity contribution >= 4 is 5.69 Å². The Morgan fingerprint density at radius 2 is 1.89 bits per heavy atom. The third-order valence-corrected chi connectivity index (χ3v) is 4.00. The Kier molecular flexibility index (Phi) is 5.67. The summed E-state index contributed by atoms with van der Waals surface area (Å²) in [7, 11) is 0. The highest BCUT2D eigenvalue weighted by molar-refractivity contribution is 5.47. The number of likely N-dealkylation sites (tertiary alicyclic amines) is 1. The van der Waals surface area contributed by atoms with Crippen LogP contribution in [0.2, 0.25) is 0 Å². The molecule has 1 heterocycles. The van der Waals surface area contributed by atoms with E-state index in [1.54, 1.807) is 0 Å². The molecule has 2 N–H and O–H groups in total. The van der Waals surface area contributed by atoms with Gasteiger partial charge >= 0.3 is 0 Å². The van der Waals surface area contributed by atoms with Gasteiger partial charge in [-0.2, -0.15) is 0 Å². The quantitative estimate of drug-likeness (QED) is 0.853. The van der Waals surface area contributed by atoms with Crippen molar-refractivity contribution in [3.63, 3.8) is 0 Å². The fourth-order valence-electron chi connectivity index (χ4n) is 3.02. The van der Waals surface area contributed by atoms with Crippen molar-refractivity contribution in [1.82, 2.24) is 4.90 Å². The van der Waals surface area contributed by atoms with Gasteiger partial charge in [0.25, 0.3) is 0 Å². The van der Waals surface area contributed by atoms with Crippen molar-refractivity contribution in [3.8, 4) is 0 Å². The predicted molar refractivity (Wildman–Crippen MR) is 82.6 cm³/mol. The van der Waals surface area contributed by atoms with Gasteiger partial charge in [-0.15, -0.1) is 0 Å². The Hall–Kier alpha value is -1.06. The van der Waals surface area contributed by atoms with Crippen LogP contribution < -0.4 is 10.6 Å². The van der Waals surface area contributed by atoms with E-state index in [0.717, 1.165) is 19.6 Å². The van der Waals surface area contributed by atoms with Gasteiger partial charge in [0, 0.05) is 44.5 Å². The zero-order chi connectivity index (χ0) is 13.5. The van der Waals surface area contributed by atoms with Gasteiger partial charge in [-0.3, -0.25) is 0 Å². The minimum atomic E-state index is 0.691. The maximum Gasteiger partial charge on any atom is 0.0368 e. The number of nitrogens with zero attached hydrogens (tertiary/aromatic N) is 2. The van der Waals surface area contributed by atoms with Gasteiger partial charge in [-0.25, -0.2) is 0 Å². The molecule has 3 heteroatoms. The highest BCUT2D eigenvalue weighted by Gasteiger charge is 2.23. The number of nitrogens with two attached hydrogens (primary N) is 1. The van der Waals surface area contributed by atoms with Crippen molar-refractivity contribution in [1.29, 1.82) is 0 Å². The van der Waals surface area contributed by atoms with Crippen LogP contribution in [0.5, 0.6) is 0 Å². The Morgan fingerprint density at radius 1 is 1.21 bits per heavy atom. The first-order valence-corrected chi connectivity index (χ1v) is 7.59. The maximum atomic E-state index is 5.64. The van der Waals surface area contributed by atoms with Crippen molar-refractivity contribution < 1.29 is 0 Å². The van der Waals surface area contributed by atoms with Crippen molar-refractivity contribution in [3.05, 3.63) is 30.3 Å². The summed E-state index contributed by atoms with van der Waals surface area (Å²) < 4.78 is 0. The van der Waals surface area contributed by atoms with Crippen LogP contribution in [-0.4, -0.2) is 43.7 Å². The Labute approximate surface area is 117 Å². The zero-order valence-corrected chi connectivity index (χ0v) is 12.1. The number of rotatable bonds is 6. The number of anilines is 1. The number of para-hydroxylation sites is 1. The van der Waals surface area contributed by atoms with E-state index in [-0.39, 0.29) is 0 Å². The third kappa shape index (κ3) is 3.95. The molecule has 3 nitrogen and oxygen atoms in total. The molecule has 0 unspecified atom stereocenters. The summed E-state index contributed by atoms with van der Waals surface area (Å²) in [5.41, 5.74) is 7.02. The predicted octanol–water partition coefficient (Wildman–Crippen LogP) is 2.33. The van der Waals surface area contributed by atoms with Crippen LogP contribution in [0.4, 0.5) is 5.69 Å². The van der Waals surface area contributed by atoms with Gasteiger partial charge in [0.15, 0.2) is 0 Å². The van der Waals surface area contributed by atoms with Gasteiger partial charge in [-0.05, 0) is 31.4 Å². The van der Waals surface area contributed by atoms with Crippen LogP contribution in [0, 0.1) is 0 Å². The lowest BCUT2D eigenvalue weighted by Gasteiger charge is -2.39. The Morgan fingerprint density at radius 3 is 2.47 bits per heavy atom. The van der Waals surface area contributed by atoms with E-state index in [4.69, 9.17) is 5.73 Å². The minimum Gasteiger partial charge on any atom is -0.368 e. The van der Waals surface area contributed by atoms with Gasteiger partial charge in [0.1, 0.15) is 0 Å². The molecule has 0 aliphatic carbocycles. The van der Waals surface area contributed by atoms with E-state index in [9.17, 15) is 0 Å². The molecule has 1 aliphatic heterocycles. The molecule has 1 aliphatic rings. The standard InChI is InChI=1S/C16H27N3/c1-2-11-19(15-6-4-3-5-7-15)16-8-12-18(13-9-16)14-10-17/h3-7,16H,2,8-14,17H2,1H3. The second-order valence-electron chi connectivity index (χ2n) is 5.39. The van der Waals surface area contributed by atoms with E-state index in [2.05, 4.69) is 47.1 Å². The molecule has 1 saturated heterocycles. The maximum absolute atomic E-state index is 5.64. The van der Waals surface area contributed by atoms with E-state index in [1.807, 2.05) is 0 Å². The minimum absolute atomic E-state index is 0.691. The fourth-order valence-corrected chi connectivity index (χ4v) is 3.02. The topological polar surface area (TPSA) is 32.5 Å². The molecule has 1 aromatic rings. The lowest BCUT2D eigenvalue weighted by atomic mass is 10.0. The van der Waals surface area contributed by atoms with Gasteiger partial charge in [0.2, 0.25) is 0 Å². The summed E-state index contributed by atoms with van der Waals surface area (Å²) >= 11 is 0. The molecule has 19 heavy (non-hydrogen) atoms.